The van der Waals surface area contributed by atoms with Crippen molar-refractivity contribution in [3.8, 4) is 22.6 Å². The van der Waals surface area contributed by atoms with Gasteiger partial charge in [0.05, 0.1) is 4.47 Å². The third-order valence-electron chi connectivity index (χ3n) is 3.22. The highest BCUT2D eigenvalue weighted by Gasteiger charge is 2.16. The predicted octanol–water partition coefficient (Wildman–Crippen LogP) is 4.82. The molecule has 0 fully saturated rings. The summed E-state index contributed by atoms with van der Waals surface area (Å²) in [6.45, 7) is 0. The van der Waals surface area contributed by atoms with Gasteiger partial charge in [-0.05, 0) is 39.5 Å². The van der Waals surface area contributed by atoms with E-state index in [1.807, 2.05) is 0 Å². The first-order chi connectivity index (χ1) is 9.59. The molecule has 20 heavy (non-hydrogen) atoms. The van der Waals surface area contributed by atoms with Crippen molar-refractivity contribution >= 4 is 26.7 Å². The third kappa shape index (κ3) is 1.93. The van der Waals surface area contributed by atoms with Gasteiger partial charge in [-0.15, -0.1) is 0 Å². The highest BCUT2D eigenvalue weighted by molar-refractivity contribution is 9.10. The van der Waals surface area contributed by atoms with E-state index < -0.39 is 5.82 Å². The lowest BCUT2D eigenvalue weighted by Gasteiger charge is -2.12. The van der Waals surface area contributed by atoms with Crippen LogP contribution >= 0.6 is 15.9 Å². The fourth-order valence-corrected chi connectivity index (χ4v) is 2.85. The zero-order valence-electron chi connectivity index (χ0n) is 10.3. The minimum absolute atomic E-state index is 0.0334. The van der Waals surface area contributed by atoms with E-state index in [9.17, 15) is 14.6 Å². The fourth-order valence-electron chi connectivity index (χ4n) is 2.29. The Bertz CT molecular complexity index is 810. The molecule has 100 valence electrons. The van der Waals surface area contributed by atoms with Gasteiger partial charge in [-0.25, -0.2) is 4.39 Å². The average Bonchev–Trinajstić information content (AvgIpc) is 2.44. The van der Waals surface area contributed by atoms with Crippen LogP contribution in [0, 0.1) is 5.82 Å². The molecule has 2 nitrogen and oxygen atoms in total. The highest BCUT2D eigenvalue weighted by atomic mass is 79.9. The fraction of sp³-hybridized carbons (Fsp3) is 0. The average molecular weight is 333 g/mol. The summed E-state index contributed by atoms with van der Waals surface area (Å²) in [6, 6.07) is 12.7. The number of hydrogen-bond donors (Lipinski definition) is 2. The first-order valence-electron chi connectivity index (χ1n) is 5.97. The second kappa shape index (κ2) is 4.80. The summed E-state index contributed by atoms with van der Waals surface area (Å²) in [6.07, 6.45) is 0. The minimum Gasteiger partial charge on any atom is -0.507 e. The van der Waals surface area contributed by atoms with Gasteiger partial charge in [0.15, 0.2) is 0 Å². The molecule has 0 aliphatic rings. The van der Waals surface area contributed by atoms with Crippen molar-refractivity contribution in [2.45, 2.75) is 0 Å². The summed E-state index contributed by atoms with van der Waals surface area (Å²) in [5.74, 6) is -0.417. The Hall–Kier alpha value is -2.07. The van der Waals surface area contributed by atoms with Crippen molar-refractivity contribution in [1.82, 2.24) is 0 Å². The molecule has 3 rings (SSSR count). The van der Waals surface area contributed by atoms with Gasteiger partial charge in [-0.1, -0.05) is 30.3 Å². The van der Waals surface area contributed by atoms with Gasteiger partial charge in [-0.2, -0.15) is 0 Å². The Morgan fingerprint density at radius 2 is 1.50 bits per heavy atom. The quantitative estimate of drug-likeness (QED) is 0.670. The molecule has 0 atom stereocenters. The van der Waals surface area contributed by atoms with Crippen molar-refractivity contribution in [2.24, 2.45) is 0 Å². The lowest BCUT2D eigenvalue weighted by Crippen LogP contribution is -1.88. The van der Waals surface area contributed by atoms with Crippen LogP contribution in [-0.2, 0) is 0 Å². The molecule has 2 N–H and O–H groups in total. The van der Waals surface area contributed by atoms with E-state index >= 15 is 0 Å². The number of fused-ring (bicyclic) bond motifs is 1. The van der Waals surface area contributed by atoms with Gasteiger partial charge in [0.1, 0.15) is 17.3 Å². The van der Waals surface area contributed by atoms with E-state index in [-0.39, 0.29) is 11.5 Å². The summed E-state index contributed by atoms with van der Waals surface area (Å²) in [5.41, 5.74) is 0.658. The van der Waals surface area contributed by atoms with E-state index in [2.05, 4.69) is 15.9 Å². The van der Waals surface area contributed by atoms with Gasteiger partial charge in [0, 0.05) is 16.5 Å². The van der Waals surface area contributed by atoms with Gasteiger partial charge < -0.3 is 10.2 Å². The van der Waals surface area contributed by atoms with Crippen LogP contribution < -0.4 is 0 Å². The normalized spacial score (nSPS) is 10.9. The molecule has 0 saturated heterocycles. The number of hydrogen-bond acceptors (Lipinski definition) is 2. The van der Waals surface area contributed by atoms with Crippen LogP contribution in [0.4, 0.5) is 4.39 Å². The summed E-state index contributed by atoms with van der Waals surface area (Å²) < 4.78 is 14.5. The van der Waals surface area contributed by atoms with E-state index in [0.717, 1.165) is 5.39 Å². The van der Waals surface area contributed by atoms with E-state index in [4.69, 9.17) is 0 Å². The molecule has 3 aromatic carbocycles. The monoisotopic (exact) mass is 332 g/mol. The Balaban J connectivity index is 2.49. The first kappa shape index (κ1) is 12.9. The van der Waals surface area contributed by atoms with Crippen LogP contribution in [0.15, 0.2) is 53.0 Å². The topological polar surface area (TPSA) is 40.5 Å². The van der Waals surface area contributed by atoms with Crippen LogP contribution in [0.25, 0.3) is 21.9 Å². The van der Waals surface area contributed by atoms with Crippen LogP contribution in [0.5, 0.6) is 11.5 Å². The Labute approximate surface area is 123 Å². The Morgan fingerprint density at radius 1 is 0.850 bits per heavy atom. The van der Waals surface area contributed by atoms with Crippen molar-refractivity contribution in [1.29, 1.82) is 0 Å². The standard InChI is InChI=1S/C16H10BrFO2/c17-16-13(20)8-6-9-5-7-12(19)15(14(9)16)10-3-1-2-4-11(10)18/h1-8,19-20H. The molecular formula is C16H10BrFO2. The lowest BCUT2D eigenvalue weighted by molar-refractivity contribution is 0.472. The molecule has 0 amide bonds. The van der Waals surface area contributed by atoms with Crippen LogP contribution in [0.1, 0.15) is 0 Å². The number of phenolic OH excluding ortho intramolecular Hbond substituents is 2. The second-order valence-corrected chi connectivity index (χ2v) is 5.23. The SMILES string of the molecule is Oc1ccc2ccc(O)c(-c3ccccc3F)c2c1Br. The Morgan fingerprint density at radius 3 is 2.20 bits per heavy atom. The van der Waals surface area contributed by atoms with Gasteiger partial charge in [0.2, 0.25) is 0 Å². The number of benzene rings is 3. The smallest absolute Gasteiger partial charge is 0.131 e. The molecule has 0 spiro atoms. The van der Waals surface area contributed by atoms with Crippen molar-refractivity contribution in [3.05, 3.63) is 58.8 Å². The van der Waals surface area contributed by atoms with Crippen LogP contribution in [0.2, 0.25) is 0 Å². The summed E-state index contributed by atoms with van der Waals surface area (Å²) in [5, 5.41) is 21.3. The van der Waals surface area contributed by atoms with Gasteiger partial charge in [0.25, 0.3) is 0 Å². The van der Waals surface area contributed by atoms with Gasteiger partial charge >= 0.3 is 0 Å². The number of aromatic hydroxyl groups is 2. The molecule has 0 unspecified atom stereocenters. The molecule has 0 aromatic heterocycles. The maximum absolute atomic E-state index is 14.0. The van der Waals surface area contributed by atoms with E-state index in [1.165, 1.54) is 12.1 Å². The largest absolute Gasteiger partial charge is 0.507 e. The van der Waals surface area contributed by atoms with Crippen LogP contribution in [0.3, 0.4) is 0 Å². The highest BCUT2D eigenvalue weighted by Crippen LogP contribution is 2.43. The molecule has 0 heterocycles. The first-order valence-corrected chi connectivity index (χ1v) is 6.77. The maximum Gasteiger partial charge on any atom is 0.131 e. The minimum atomic E-state index is -0.425. The molecule has 3 aromatic rings. The number of halogens is 2. The molecule has 0 saturated carbocycles. The number of rotatable bonds is 1. The molecule has 0 radical (unpaired) electrons. The maximum atomic E-state index is 14.0. The van der Waals surface area contributed by atoms with Gasteiger partial charge in [-0.3, -0.25) is 0 Å². The molecule has 0 aliphatic carbocycles. The van der Waals surface area contributed by atoms with Crippen LogP contribution in [-0.4, -0.2) is 10.2 Å². The van der Waals surface area contributed by atoms with Crippen molar-refractivity contribution < 1.29 is 14.6 Å². The number of phenols is 2. The molecule has 0 aliphatic heterocycles. The lowest BCUT2D eigenvalue weighted by atomic mass is 9.96. The predicted molar refractivity (Wildman–Crippen MR) is 80.4 cm³/mol. The summed E-state index contributed by atoms with van der Waals surface area (Å²) in [4.78, 5) is 0. The second-order valence-electron chi connectivity index (χ2n) is 4.44. The molecular weight excluding hydrogens is 323 g/mol. The zero-order chi connectivity index (χ0) is 14.3. The zero-order valence-corrected chi connectivity index (χ0v) is 11.9. The Kier molecular flexibility index (Phi) is 3.10. The molecule has 0 bridgehead atoms. The van der Waals surface area contributed by atoms with E-state index in [0.29, 0.717) is 21.0 Å². The molecule has 4 heteroatoms. The third-order valence-corrected chi connectivity index (χ3v) is 4.03. The summed E-state index contributed by atoms with van der Waals surface area (Å²) >= 11 is 3.30. The van der Waals surface area contributed by atoms with E-state index in [1.54, 1.807) is 36.4 Å². The summed E-state index contributed by atoms with van der Waals surface area (Å²) in [7, 11) is 0. The van der Waals surface area contributed by atoms with Crippen molar-refractivity contribution in [2.75, 3.05) is 0 Å². The van der Waals surface area contributed by atoms with Crippen molar-refractivity contribution in [3.63, 3.8) is 0 Å².